The summed E-state index contributed by atoms with van der Waals surface area (Å²) in [7, 11) is 3.53. The second-order valence-electron chi connectivity index (χ2n) is 7.39. The van der Waals surface area contributed by atoms with Gasteiger partial charge in [-0.15, -0.1) is 0 Å². The minimum Gasteiger partial charge on any atom is -0.492 e. The number of aromatic nitrogens is 1. The lowest BCUT2D eigenvalue weighted by Gasteiger charge is -2.39. The SMILES string of the molecule is CN(C)C(=O)c1cccc2c1OCC21CCN(c2cc(N)ccn2)CC1. The minimum absolute atomic E-state index is 0.0136. The lowest BCUT2D eigenvalue weighted by molar-refractivity contribution is 0.0823. The van der Waals surface area contributed by atoms with Crippen molar-refractivity contribution in [2.75, 3.05) is 44.4 Å². The van der Waals surface area contributed by atoms with E-state index in [0.717, 1.165) is 43.2 Å². The van der Waals surface area contributed by atoms with Gasteiger partial charge in [-0.2, -0.15) is 0 Å². The Bertz CT molecular complexity index is 841. The number of amides is 1. The number of rotatable bonds is 2. The van der Waals surface area contributed by atoms with Gasteiger partial charge < -0.3 is 20.3 Å². The second-order valence-corrected chi connectivity index (χ2v) is 7.39. The Morgan fingerprint density at radius 1 is 1.27 bits per heavy atom. The molecule has 0 radical (unpaired) electrons. The Morgan fingerprint density at radius 2 is 2.04 bits per heavy atom. The van der Waals surface area contributed by atoms with Crippen molar-refractivity contribution >= 4 is 17.4 Å². The van der Waals surface area contributed by atoms with Crippen molar-refractivity contribution in [3.63, 3.8) is 0 Å². The first-order chi connectivity index (χ1) is 12.5. The zero-order chi connectivity index (χ0) is 18.3. The zero-order valence-corrected chi connectivity index (χ0v) is 15.2. The number of ether oxygens (including phenoxy) is 1. The topological polar surface area (TPSA) is 71.7 Å². The molecule has 2 aliphatic rings. The van der Waals surface area contributed by atoms with Gasteiger partial charge in [0.15, 0.2) is 0 Å². The van der Waals surface area contributed by atoms with Gasteiger partial charge >= 0.3 is 0 Å². The molecule has 136 valence electrons. The van der Waals surface area contributed by atoms with Crippen LogP contribution in [0, 0.1) is 0 Å². The monoisotopic (exact) mass is 352 g/mol. The van der Waals surface area contributed by atoms with Crippen LogP contribution in [-0.2, 0) is 5.41 Å². The van der Waals surface area contributed by atoms with Crippen LogP contribution in [0.3, 0.4) is 0 Å². The summed E-state index contributed by atoms with van der Waals surface area (Å²) < 4.78 is 6.05. The molecule has 1 fully saturated rings. The number of hydrogen-bond donors (Lipinski definition) is 1. The molecule has 6 heteroatoms. The molecule has 6 nitrogen and oxygen atoms in total. The van der Waals surface area contributed by atoms with Crippen LogP contribution in [-0.4, -0.2) is 49.6 Å². The number of carbonyl (C=O) groups excluding carboxylic acids is 1. The van der Waals surface area contributed by atoms with Crippen LogP contribution >= 0.6 is 0 Å². The summed E-state index contributed by atoms with van der Waals surface area (Å²) in [5, 5.41) is 0. The lowest BCUT2D eigenvalue weighted by Crippen LogP contribution is -2.44. The highest BCUT2D eigenvalue weighted by Crippen LogP contribution is 2.47. The van der Waals surface area contributed by atoms with Gasteiger partial charge in [0.25, 0.3) is 5.91 Å². The number of para-hydroxylation sites is 1. The first-order valence-electron chi connectivity index (χ1n) is 8.95. The van der Waals surface area contributed by atoms with E-state index in [1.54, 1.807) is 31.3 Å². The molecule has 0 bridgehead atoms. The average Bonchev–Trinajstić information content (AvgIpc) is 3.00. The molecule has 0 saturated carbocycles. The van der Waals surface area contributed by atoms with Crippen molar-refractivity contribution in [3.8, 4) is 5.75 Å². The summed E-state index contributed by atoms with van der Waals surface area (Å²) in [5.74, 6) is 1.68. The summed E-state index contributed by atoms with van der Waals surface area (Å²) in [6.07, 6.45) is 3.69. The van der Waals surface area contributed by atoms with E-state index in [2.05, 4.69) is 16.0 Å². The van der Waals surface area contributed by atoms with E-state index in [9.17, 15) is 4.79 Å². The number of nitrogens with zero attached hydrogens (tertiary/aromatic N) is 3. The van der Waals surface area contributed by atoms with Gasteiger partial charge in [0.1, 0.15) is 11.6 Å². The minimum atomic E-state index is -0.0191. The van der Waals surface area contributed by atoms with Crippen molar-refractivity contribution < 1.29 is 9.53 Å². The molecular formula is C20H24N4O2. The summed E-state index contributed by atoms with van der Waals surface area (Å²) in [6, 6.07) is 9.66. The van der Waals surface area contributed by atoms with Crippen LogP contribution in [0.2, 0.25) is 0 Å². The van der Waals surface area contributed by atoms with E-state index in [1.807, 2.05) is 18.2 Å². The Morgan fingerprint density at radius 3 is 2.73 bits per heavy atom. The van der Waals surface area contributed by atoms with E-state index in [0.29, 0.717) is 12.2 Å². The molecule has 1 saturated heterocycles. The molecule has 0 atom stereocenters. The predicted molar refractivity (Wildman–Crippen MR) is 102 cm³/mol. The van der Waals surface area contributed by atoms with Crippen molar-refractivity contribution in [1.29, 1.82) is 0 Å². The number of hydrogen-bond acceptors (Lipinski definition) is 5. The number of pyridine rings is 1. The number of carbonyl (C=O) groups is 1. The normalized spacial score (nSPS) is 17.7. The summed E-state index contributed by atoms with van der Waals surface area (Å²) in [5.41, 5.74) is 8.43. The van der Waals surface area contributed by atoms with Crippen LogP contribution in [0.1, 0.15) is 28.8 Å². The third-order valence-corrected chi connectivity index (χ3v) is 5.53. The Labute approximate surface area is 153 Å². The summed E-state index contributed by atoms with van der Waals surface area (Å²) in [4.78, 5) is 20.8. The molecule has 0 unspecified atom stereocenters. The van der Waals surface area contributed by atoms with E-state index in [4.69, 9.17) is 10.5 Å². The number of benzene rings is 1. The van der Waals surface area contributed by atoms with Gasteiger partial charge in [-0.1, -0.05) is 12.1 Å². The fraction of sp³-hybridized carbons (Fsp3) is 0.400. The van der Waals surface area contributed by atoms with Crippen molar-refractivity contribution in [2.45, 2.75) is 18.3 Å². The Balaban J connectivity index is 1.59. The number of anilines is 2. The lowest BCUT2D eigenvalue weighted by atomic mass is 9.74. The van der Waals surface area contributed by atoms with Crippen LogP contribution < -0.4 is 15.4 Å². The van der Waals surface area contributed by atoms with Gasteiger partial charge in [-0.3, -0.25) is 4.79 Å². The molecule has 0 aliphatic carbocycles. The van der Waals surface area contributed by atoms with Crippen molar-refractivity contribution in [3.05, 3.63) is 47.7 Å². The average molecular weight is 352 g/mol. The third-order valence-electron chi connectivity index (χ3n) is 5.53. The molecule has 3 heterocycles. The molecular weight excluding hydrogens is 328 g/mol. The first kappa shape index (κ1) is 16.7. The van der Waals surface area contributed by atoms with Gasteiger partial charge in [0.2, 0.25) is 0 Å². The Hall–Kier alpha value is -2.76. The molecule has 1 aromatic heterocycles. The summed E-state index contributed by atoms with van der Waals surface area (Å²) in [6.45, 7) is 2.43. The van der Waals surface area contributed by atoms with Crippen LogP contribution in [0.15, 0.2) is 36.5 Å². The predicted octanol–water partition coefficient (Wildman–Crippen LogP) is 2.30. The number of nitrogen functional groups attached to an aromatic ring is 1. The highest BCUT2D eigenvalue weighted by molar-refractivity contribution is 5.97. The van der Waals surface area contributed by atoms with Crippen LogP contribution in [0.25, 0.3) is 0 Å². The molecule has 2 aliphatic heterocycles. The smallest absolute Gasteiger partial charge is 0.257 e. The maximum Gasteiger partial charge on any atom is 0.257 e. The van der Waals surface area contributed by atoms with Crippen LogP contribution in [0.5, 0.6) is 5.75 Å². The fourth-order valence-corrected chi connectivity index (χ4v) is 3.99. The largest absolute Gasteiger partial charge is 0.492 e. The van der Waals surface area contributed by atoms with E-state index in [1.165, 1.54) is 5.56 Å². The van der Waals surface area contributed by atoms with Gasteiger partial charge in [0.05, 0.1) is 12.2 Å². The van der Waals surface area contributed by atoms with E-state index >= 15 is 0 Å². The molecule has 2 N–H and O–H groups in total. The fourth-order valence-electron chi connectivity index (χ4n) is 3.99. The molecule has 2 aromatic rings. The van der Waals surface area contributed by atoms with Crippen molar-refractivity contribution in [1.82, 2.24) is 9.88 Å². The summed E-state index contributed by atoms with van der Waals surface area (Å²) >= 11 is 0. The quantitative estimate of drug-likeness (QED) is 0.898. The number of fused-ring (bicyclic) bond motifs is 2. The number of nitrogens with two attached hydrogens (primary N) is 1. The molecule has 1 spiro atoms. The van der Waals surface area contributed by atoms with E-state index < -0.39 is 0 Å². The molecule has 26 heavy (non-hydrogen) atoms. The zero-order valence-electron chi connectivity index (χ0n) is 15.2. The maximum absolute atomic E-state index is 12.5. The highest BCUT2D eigenvalue weighted by atomic mass is 16.5. The van der Waals surface area contributed by atoms with Gasteiger partial charge in [-0.25, -0.2) is 4.98 Å². The maximum atomic E-state index is 12.5. The second kappa shape index (κ2) is 6.20. The van der Waals surface area contributed by atoms with Crippen LogP contribution in [0.4, 0.5) is 11.5 Å². The van der Waals surface area contributed by atoms with Crippen molar-refractivity contribution in [2.24, 2.45) is 0 Å². The first-order valence-corrected chi connectivity index (χ1v) is 8.95. The molecule has 1 amide bonds. The number of piperidine rings is 1. The molecule has 1 aromatic carbocycles. The standard InChI is InChI=1S/C20H24N4O2/c1-23(2)19(25)15-4-3-5-16-18(15)26-13-20(16)7-10-24(11-8-20)17-12-14(21)6-9-22-17/h3-6,9,12H,7-8,10-11,13H2,1-2H3,(H2,21,22). The van der Waals surface area contributed by atoms with Gasteiger partial charge in [-0.05, 0) is 25.0 Å². The van der Waals surface area contributed by atoms with Gasteiger partial charge in [0, 0.05) is 56.1 Å². The highest BCUT2D eigenvalue weighted by Gasteiger charge is 2.44. The molecule has 4 rings (SSSR count). The van der Waals surface area contributed by atoms with E-state index in [-0.39, 0.29) is 11.3 Å². The third kappa shape index (κ3) is 2.66. The Kier molecular flexibility index (Phi) is 3.98.